The van der Waals surface area contributed by atoms with Gasteiger partial charge in [-0.2, -0.15) is 9.36 Å². The van der Waals surface area contributed by atoms with Gasteiger partial charge in [0.2, 0.25) is 0 Å². The van der Waals surface area contributed by atoms with Gasteiger partial charge in [0, 0.05) is 11.6 Å². The fourth-order valence-electron chi connectivity index (χ4n) is 2.34. The molecule has 1 aromatic heterocycles. The number of nitrogens with zero attached hydrogens (tertiary/aromatic N) is 5. The first-order valence-corrected chi connectivity index (χ1v) is 6.98. The van der Waals surface area contributed by atoms with E-state index < -0.39 is 16.4 Å². The van der Waals surface area contributed by atoms with Crippen molar-refractivity contribution in [3.63, 3.8) is 0 Å². The number of aryl methyl sites for hydroxylation is 1. The van der Waals surface area contributed by atoms with Crippen LogP contribution in [0.5, 0.6) is 0 Å². The summed E-state index contributed by atoms with van der Waals surface area (Å²) in [7, 11) is 0. The lowest BCUT2D eigenvalue weighted by atomic mass is 10.1. The minimum Gasteiger partial charge on any atom is -0.258 e. The number of hydrogen-bond acceptors (Lipinski definition) is 5. The lowest BCUT2D eigenvalue weighted by molar-refractivity contribution is -0.385. The van der Waals surface area contributed by atoms with Crippen molar-refractivity contribution in [1.82, 2.24) is 19.8 Å². The maximum Gasteiger partial charge on any atom is 0.368 e. The van der Waals surface area contributed by atoms with Crippen LogP contribution >= 0.6 is 0 Å². The number of halogens is 1. The topological polar surface area (TPSA) is 95.8 Å². The Bertz CT molecular complexity index is 979. The van der Waals surface area contributed by atoms with Crippen molar-refractivity contribution in [2.45, 2.75) is 13.5 Å². The lowest BCUT2D eigenvalue weighted by Gasteiger charge is -2.02. The number of tetrazole rings is 1. The molecule has 0 aliphatic carbocycles. The van der Waals surface area contributed by atoms with E-state index >= 15 is 0 Å². The van der Waals surface area contributed by atoms with Gasteiger partial charge < -0.3 is 0 Å². The second-order valence-electron chi connectivity index (χ2n) is 5.19. The number of rotatable bonds is 4. The first-order chi connectivity index (χ1) is 11.5. The molecule has 0 fully saturated rings. The van der Waals surface area contributed by atoms with E-state index in [1.54, 1.807) is 25.1 Å². The summed E-state index contributed by atoms with van der Waals surface area (Å²) in [5.41, 5.74) is 0.909. The van der Waals surface area contributed by atoms with Crippen LogP contribution in [0.2, 0.25) is 0 Å². The summed E-state index contributed by atoms with van der Waals surface area (Å²) in [5.74, 6) is -0.486. The van der Waals surface area contributed by atoms with Crippen LogP contribution in [0.3, 0.4) is 0 Å². The van der Waals surface area contributed by atoms with Crippen molar-refractivity contribution >= 4 is 5.69 Å². The van der Waals surface area contributed by atoms with Crippen LogP contribution < -0.4 is 5.69 Å². The summed E-state index contributed by atoms with van der Waals surface area (Å²) in [4.78, 5) is 22.7. The second kappa shape index (κ2) is 6.03. The van der Waals surface area contributed by atoms with E-state index in [1.807, 2.05) is 0 Å². The number of nitro groups is 1. The molecule has 9 heteroatoms. The van der Waals surface area contributed by atoms with Crippen LogP contribution in [0.4, 0.5) is 10.1 Å². The van der Waals surface area contributed by atoms with E-state index in [1.165, 1.54) is 24.3 Å². The fourth-order valence-corrected chi connectivity index (χ4v) is 2.34. The molecule has 0 saturated heterocycles. The molecule has 3 rings (SSSR count). The second-order valence-corrected chi connectivity index (χ2v) is 5.19. The van der Waals surface area contributed by atoms with E-state index in [2.05, 4.69) is 10.4 Å². The van der Waals surface area contributed by atoms with Crippen molar-refractivity contribution in [3.05, 3.63) is 80.0 Å². The number of hydrogen-bond donors (Lipinski definition) is 0. The molecule has 24 heavy (non-hydrogen) atoms. The Hall–Kier alpha value is -3.36. The summed E-state index contributed by atoms with van der Waals surface area (Å²) in [6, 6.07) is 10.0. The SMILES string of the molecule is Cc1cc(Cn2nnn(-c3cccc(F)c3)c2=O)ccc1[N+](=O)[O-]. The highest BCUT2D eigenvalue weighted by Crippen LogP contribution is 2.19. The standard InChI is InChI=1S/C15H12FN5O3/c1-10-7-11(5-6-14(10)21(23)24)9-19-15(22)20(18-17-19)13-4-2-3-12(16)8-13/h2-8H,9H2,1H3. The minimum absolute atomic E-state index is 0.00881. The van der Waals surface area contributed by atoms with Gasteiger partial charge in [-0.3, -0.25) is 10.1 Å². The van der Waals surface area contributed by atoms with E-state index in [0.717, 1.165) is 9.36 Å². The number of aromatic nitrogens is 4. The molecule has 0 aliphatic heterocycles. The zero-order chi connectivity index (χ0) is 17.3. The first kappa shape index (κ1) is 15.5. The normalized spacial score (nSPS) is 10.8. The van der Waals surface area contributed by atoms with E-state index in [4.69, 9.17) is 0 Å². The maximum absolute atomic E-state index is 13.3. The van der Waals surface area contributed by atoms with E-state index in [9.17, 15) is 19.3 Å². The molecule has 1 heterocycles. The number of nitro benzene ring substituents is 1. The average molecular weight is 329 g/mol. The molecule has 0 saturated carbocycles. The predicted octanol–water partition coefficient (Wildman–Crippen LogP) is 1.83. The Balaban J connectivity index is 1.91. The van der Waals surface area contributed by atoms with Crippen LogP contribution in [-0.2, 0) is 6.54 Å². The molecule has 0 bridgehead atoms. The molecule has 0 aliphatic rings. The first-order valence-electron chi connectivity index (χ1n) is 6.98. The zero-order valence-electron chi connectivity index (χ0n) is 12.6. The van der Waals surface area contributed by atoms with Gasteiger partial charge in [-0.05, 0) is 47.2 Å². The minimum atomic E-state index is -0.531. The summed E-state index contributed by atoms with van der Waals surface area (Å²) in [6.45, 7) is 1.72. The molecule has 3 aromatic rings. The third-order valence-corrected chi connectivity index (χ3v) is 3.48. The summed E-state index contributed by atoms with van der Waals surface area (Å²) >= 11 is 0. The molecule has 122 valence electrons. The molecule has 0 N–H and O–H groups in total. The van der Waals surface area contributed by atoms with Crippen molar-refractivity contribution in [2.24, 2.45) is 0 Å². The molecular formula is C15H12FN5O3. The van der Waals surface area contributed by atoms with Crippen LogP contribution in [-0.4, -0.2) is 24.7 Å². The average Bonchev–Trinajstić information content (AvgIpc) is 2.88. The largest absolute Gasteiger partial charge is 0.368 e. The van der Waals surface area contributed by atoms with Crippen LogP contribution in [0.1, 0.15) is 11.1 Å². The van der Waals surface area contributed by atoms with Gasteiger partial charge in [0.1, 0.15) is 5.82 Å². The van der Waals surface area contributed by atoms with Crippen molar-refractivity contribution < 1.29 is 9.31 Å². The van der Waals surface area contributed by atoms with Gasteiger partial charge in [-0.1, -0.05) is 12.1 Å². The molecule has 8 nitrogen and oxygen atoms in total. The van der Waals surface area contributed by atoms with E-state index in [-0.39, 0.29) is 17.9 Å². The Kier molecular flexibility index (Phi) is 3.90. The number of benzene rings is 2. The highest BCUT2D eigenvalue weighted by Gasteiger charge is 2.13. The maximum atomic E-state index is 13.3. The molecular weight excluding hydrogens is 317 g/mol. The lowest BCUT2D eigenvalue weighted by Crippen LogP contribution is -2.24. The van der Waals surface area contributed by atoms with Gasteiger partial charge in [-0.25, -0.2) is 9.18 Å². The Labute approximate surface area is 134 Å². The van der Waals surface area contributed by atoms with Gasteiger partial charge in [0.05, 0.1) is 17.2 Å². The van der Waals surface area contributed by atoms with Gasteiger partial charge in [0.15, 0.2) is 0 Å². The van der Waals surface area contributed by atoms with Gasteiger partial charge in [-0.15, -0.1) is 0 Å². The fraction of sp³-hybridized carbons (Fsp3) is 0.133. The monoisotopic (exact) mass is 329 g/mol. The van der Waals surface area contributed by atoms with Crippen LogP contribution in [0.15, 0.2) is 47.3 Å². The predicted molar refractivity (Wildman–Crippen MR) is 82.5 cm³/mol. The third kappa shape index (κ3) is 2.91. The summed E-state index contributed by atoms with van der Waals surface area (Å²) in [6.07, 6.45) is 0. The van der Waals surface area contributed by atoms with Crippen molar-refractivity contribution in [3.8, 4) is 5.69 Å². The van der Waals surface area contributed by atoms with Gasteiger partial charge >= 0.3 is 5.69 Å². The molecule has 0 atom stereocenters. The summed E-state index contributed by atoms with van der Waals surface area (Å²) in [5, 5.41) is 18.3. The quantitative estimate of drug-likeness (QED) is 0.537. The molecule has 0 unspecified atom stereocenters. The smallest absolute Gasteiger partial charge is 0.258 e. The zero-order valence-corrected chi connectivity index (χ0v) is 12.6. The van der Waals surface area contributed by atoms with E-state index in [0.29, 0.717) is 11.1 Å². The molecule has 0 amide bonds. The molecule has 0 radical (unpaired) electrons. The third-order valence-electron chi connectivity index (χ3n) is 3.48. The molecule has 0 spiro atoms. The van der Waals surface area contributed by atoms with Crippen molar-refractivity contribution in [1.29, 1.82) is 0 Å². The van der Waals surface area contributed by atoms with Crippen LogP contribution in [0, 0.1) is 22.9 Å². The Morgan fingerprint density at radius 2 is 2.00 bits per heavy atom. The van der Waals surface area contributed by atoms with Crippen molar-refractivity contribution in [2.75, 3.05) is 0 Å². The molecule has 2 aromatic carbocycles. The Morgan fingerprint density at radius 1 is 1.21 bits per heavy atom. The van der Waals surface area contributed by atoms with Gasteiger partial charge in [0.25, 0.3) is 5.69 Å². The Morgan fingerprint density at radius 3 is 2.67 bits per heavy atom. The van der Waals surface area contributed by atoms with Crippen LogP contribution in [0.25, 0.3) is 5.69 Å². The highest BCUT2D eigenvalue weighted by molar-refractivity contribution is 5.41. The highest BCUT2D eigenvalue weighted by atomic mass is 19.1. The summed E-state index contributed by atoms with van der Waals surface area (Å²) < 4.78 is 15.4.